The van der Waals surface area contributed by atoms with E-state index in [9.17, 15) is 9.59 Å². The number of aryl methyl sites for hydroxylation is 1. The standard InChI is InChI=1S/C25H28N4O4/c1-18-8-9-21(26-25(31)33-23-7-4-14-32-23)16-22(18)27-24(30)20-6-3-5-19(15-20)17-29-12-10-28(2)11-13-29/h3-9,14-16H,10-13,17H2,1-2H3,(H,26,31)(H,27,30). The van der Waals surface area contributed by atoms with Crippen molar-refractivity contribution in [3.63, 3.8) is 0 Å². The van der Waals surface area contributed by atoms with Crippen LogP contribution in [-0.2, 0) is 6.54 Å². The Balaban J connectivity index is 1.39. The molecule has 0 spiro atoms. The van der Waals surface area contributed by atoms with Gasteiger partial charge in [0.15, 0.2) is 0 Å². The molecule has 33 heavy (non-hydrogen) atoms. The molecular weight excluding hydrogens is 420 g/mol. The molecule has 0 atom stereocenters. The molecule has 0 saturated carbocycles. The molecule has 0 bridgehead atoms. The van der Waals surface area contributed by atoms with E-state index in [0.717, 1.165) is 43.9 Å². The van der Waals surface area contributed by atoms with Gasteiger partial charge < -0.3 is 19.4 Å². The van der Waals surface area contributed by atoms with Gasteiger partial charge in [0, 0.05) is 55.7 Å². The van der Waals surface area contributed by atoms with Gasteiger partial charge in [-0.2, -0.15) is 0 Å². The highest BCUT2D eigenvalue weighted by molar-refractivity contribution is 6.05. The molecule has 8 nitrogen and oxygen atoms in total. The van der Waals surface area contributed by atoms with Crippen molar-refractivity contribution in [2.45, 2.75) is 13.5 Å². The Morgan fingerprint density at radius 3 is 2.58 bits per heavy atom. The maximum atomic E-state index is 12.9. The van der Waals surface area contributed by atoms with Crippen LogP contribution in [0.5, 0.6) is 5.95 Å². The lowest BCUT2D eigenvalue weighted by atomic mass is 10.1. The van der Waals surface area contributed by atoms with Crippen molar-refractivity contribution in [1.82, 2.24) is 9.80 Å². The summed E-state index contributed by atoms with van der Waals surface area (Å²) >= 11 is 0. The number of hydrogen-bond acceptors (Lipinski definition) is 6. The number of nitrogens with zero attached hydrogens (tertiary/aromatic N) is 2. The van der Waals surface area contributed by atoms with E-state index in [4.69, 9.17) is 9.15 Å². The molecule has 1 aliphatic heterocycles. The van der Waals surface area contributed by atoms with E-state index in [0.29, 0.717) is 16.9 Å². The zero-order chi connectivity index (χ0) is 23.2. The van der Waals surface area contributed by atoms with E-state index in [1.807, 2.05) is 25.1 Å². The number of amides is 2. The first-order valence-electron chi connectivity index (χ1n) is 10.9. The van der Waals surface area contributed by atoms with Crippen LogP contribution in [0.4, 0.5) is 16.2 Å². The second-order valence-corrected chi connectivity index (χ2v) is 8.21. The number of carbonyl (C=O) groups excluding carboxylic acids is 2. The normalized spacial score (nSPS) is 14.6. The highest BCUT2D eigenvalue weighted by Gasteiger charge is 2.15. The summed E-state index contributed by atoms with van der Waals surface area (Å²) in [4.78, 5) is 29.7. The molecule has 1 aromatic heterocycles. The summed E-state index contributed by atoms with van der Waals surface area (Å²) in [6, 6.07) is 16.1. The smallest absolute Gasteiger partial charge is 0.419 e. The molecule has 3 aromatic rings. The maximum Gasteiger partial charge on any atom is 0.419 e. The number of anilines is 2. The fourth-order valence-corrected chi connectivity index (χ4v) is 3.66. The molecule has 172 valence electrons. The minimum absolute atomic E-state index is 0.101. The Bertz CT molecular complexity index is 1110. The molecule has 2 amide bonds. The Kier molecular flexibility index (Phi) is 7.07. The van der Waals surface area contributed by atoms with Crippen LogP contribution in [-0.4, -0.2) is 55.0 Å². The van der Waals surface area contributed by atoms with E-state index in [2.05, 4.69) is 33.5 Å². The van der Waals surface area contributed by atoms with E-state index in [1.54, 1.807) is 24.3 Å². The Hall–Kier alpha value is -3.62. The summed E-state index contributed by atoms with van der Waals surface area (Å²) in [5, 5.41) is 5.59. The second kappa shape index (κ2) is 10.3. The monoisotopic (exact) mass is 448 g/mol. The highest BCUT2D eigenvalue weighted by Crippen LogP contribution is 2.22. The molecule has 2 N–H and O–H groups in total. The number of hydrogen-bond donors (Lipinski definition) is 2. The van der Waals surface area contributed by atoms with Crippen molar-refractivity contribution >= 4 is 23.4 Å². The van der Waals surface area contributed by atoms with E-state index < -0.39 is 6.09 Å². The molecule has 8 heteroatoms. The van der Waals surface area contributed by atoms with Gasteiger partial charge in [-0.05, 0) is 55.4 Å². The molecule has 2 aromatic carbocycles. The molecular formula is C25H28N4O4. The van der Waals surface area contributed by atoms with Crippen molar-refractivity contribution < 1.29 is 18.7 Å². The summed E-state index contributed by atoms with van der Waals surface area (Å²) < 4.78 is 10.1. The van der Waals surface area contributed by atoms with Gasteiger partial charge in [-0.3, -0.25) is 15.0 Å². The van der Waals surface area contributed by atoms with E-state index >= 15 is 0 Å². The zero-order valence-corrected chi connectivity index (χ0v) is 18.8. The number of rotatable bonds is 6. The summed E-state index contributed by atoms with van der Waals surface area (Å²) in [7, 11) is 2.14. The molecule has 1 aliphatic rings. The third-order valence-corrected chi connectivity index (χ3v) is 5.61. The van der Waals surface area contributed by atoms with Crippen molar-refractivity contribution in [3.8, 4) is 5.95 Å². The van der Waals surface area contributed by atoms with Crippen LogP contribution >= 0.6 is 0 Å². The maximum absolute atomic E-state index is 12.9. The van der Waals surface area contributed by atoms with Gasteiger partial charge in [-0.1, -0.05) is 18.2 Å². The first-order valence-corrected chi connectivity index (χ1v) is 10.9. The number of furan rings is 1. The lowest BCUT2D eigenvalue weighted by Crippen LogP contribution is -2.43. The molecule has 0 radical (unpaired) electrons. The fourth-order valence-electron chi connectivity index (χ4n) is 3.66. The van der Waals surface area contributed by atoms with Crippen molar-refractivity contribution in [3.05, 3.63) is 77.6 Å². The van der Waals surface area contributed by atoms with Crippen LogP contribution in [0.1, 0.15) is 21.5 Å². The number of ether oxygens (including phenoxy) is 1. The summed E-state index contributed by atoms with van der Waals surface area (Å²) in [6.07, 6.45) is 0.741. The van der Waals surface area contributed by atoms with Gasteiger partial charge in [-0.25, -0.2) is 4.79 Å². The van der Waals surface area contributed by atoms with Gasteiger partial charge in [0.05, 0.1) is 6.26 Å². The summed E-state index contributed by atoms with van der Waals surface area (Å²) in [6.45, 7) is 6.87. The molecule has 1 saturated heterocycles. The van der Waals surface area contributed by atoms with E-state index in [1.165, 1.54) is 12.3 Å². The lowest BCUT2D eigenvalue weighted by Gasteiger charge is -2.32. The Morgan fingerprint density at radius 2 is 1.82 bits per heavy atom. The van der Waals surface area contributed by atoms with Crippen LogP contribution in [0.3, 0.4) is 0 Å². The Labute approximate surface area is 193 Å². The summed E-state index contributed by atoms with van der Waals surface area (Å²) in [5.74, 6) is -0.0989. The van der Waals surface area contributed by atoms with Crippen molar-refractivity contribution in [2.24, 2.45) is 0 Å². The number of carbonyl (C=O) groups is 2. The number of piperazine rings is 1. The number of benzene rings is 2. The van der Waals surface area contributed by atoms with Crippen LogP contribution < -0.4 is 15.4 Å². The van der Waals surface area contributed by atoms with Gasteiger partial charge >= 0.3 is 6.09 Å². The van der Waals surface area contributed by atoms with E-state index in [-0.39, 0.29) is 11.9 Å². The van der Waals surface area contributed by atoms with Gasteiger partial charge in [0.25, 0.3) is 11.9 Å². The highest BCUT2D eigenvalue weighted by atomic mass is 16.6. The fraction of sp³-hybridized carbons (Fsp3) is 0.280. The second-order valence-electron chi connectivity index (χ2n) is 8.21. The predicted octanol–water partition coefficient (Wildman–Crippen LogP) is 4.20. The SMILES string of the molecule is Cc1ccc(NC(=O)Oc2ccco2)cc1NC(=O)c1cccc(CN2CCN(C)CC2)c1. The first kappa shape index (κ1) is 22.6. The topological polar surface area (TPSA) is 87.0 Å². The summed E-state index contributed by atoms with van der Waals surface area (Å²) in [5.41, 5.74) is 3.69. The third-order valence-electron chi connectivity index (χ3n) is 5.61. The average Bonchev–Trinajstić information content (AvgIpc) is 3.30. The number of nitrogens with one attached hydrogen (secondary N) is 2. The number of likely N-dealkylation sites (N-methyl/N-ethyl adjacent to an activating group) is 1. The molecule has 4 rings (SSSR count). The quantitative estimate of drug-likeness (QED) is 0.588. The first-order chi connectivity index (χ1) is 16.0. The third kappa shape index (κ3) is 6.21. The van der Waals surface area contributed by atoms with Crippen molar-refractivity contribution in [1.29, 1.82) is 0 Å². The molecule has 0 unspecified atom stereocenters. The van der Waals surface area contributed by atoms with Gasteiger partial charge in [0.2, 0.25) is 0 Å². The molecule has 2 heterocycles. The predicted molar refractivity (Wildman–Crippen MR) is 127 cm³/mol. The van der Waals surface area contributed by atoms with Crippen LogP contribution in [0.15, 0.2) is 65.3 Å². The van der Waals surface area contributed by atoms with Gasteiger partial charge in [-0.15, -0.1) is 0 Å². The van der Waals surface area contributed by atoms with Crippen molar-refractivity contribution in [2.75, 3.05) is 43.9 Å². The minimum atomic E-state index is -0.678. The lowest BCUT2D eigenvalue weighted by molar-refractivity contribution is 0.102. The average molecular weight is 449 g/mol. The molecule has 0 aliphatic carbocycles. The van der Waals surface area contributed by atoms with Crippen LogP contribution in [0.25, 0.3) is 0 Å². The zero-order valence-electron chi connectivity index (χ0n) is 18.8. The largest absolute Gasteiger partial charge is 0.434 e. The Morgan fingerprint density at radius 1 is 1.00 bits per heavy atom. The molecule has 1 fully saturated rings. The van der Waals surface area contributed by atoms with Crippen LogP contribution in [0.2, 0.25) is 0 Å². The van der Waals surface area contributed by atoms with Crippen LogP contribution in [0, 0.1) is 6.92 Å². The van der Waals surface area contributed by atoms with Gasteiger partial charge in [0.1, 0.15) is 0 Å². The minimum Gasteiger partial charge on any atom is -0.434 e.